The molecule has 0 saturated heterocycles. The smallest absolute Gasteiger partial charge is 0.227 e. The molecule has 0 aliphatic rings. The van der Waals surface area contributed by atoms with Crippen molar-refractivity contribution in [3.63, 3.8) is 0 Å². The van der Waals surface area contributed by atoms with E-state index in [1.165, 1.54) is 75.7 Å². The molecule has 334 valence electrons. The Kier molecular flexibility index (Phi) is 8.07. The summed E-state index contributed by atoms with van der Waals surface area (Å²) >= 11 is 0. The number of hydrogen-bond acceptors (Lipinski definition) is 4. The number of oxazole rings is 2. The van der Waals surface area contributed by atoms with Crippen LogP contribution in [0.5, 0.6) is 0 Å². The Morgan fingerprint density at radius 2 is 0.611 bits per heavy atom. The highest BCUT2D eigenvalue weighted by Crippen LogP contribution is 2.45. The molecule has 0 aliphatic heterocycles. The van der Waals surface area contributed by atoms with Crippen LogP contribution in [-0.4, -0.2) is 19.1 Å². The van der Waals surface area contributed by atoms with Gasteiger partial charge in [0.05, 0.1) is 22.1 Å². The molecule has 0 spiro atoms. The van der Waals surface area contributed by atoms with Gasteiger partial charge in [0.15, 0.2) is 11.2 Å². The fraction of sp³-hybridized carbons (Fsp3) is 0. The molecule has 4 heterocycles. The van der Waals surface area contributed by atoms with E-state index in [0.717, 1.165) is 55.7 Å². The molecule has 0 aliphatic carbocycles. The van der Waals surface area contributed by atoms with Crippen LogP contribution >= 0.6 is 0 Å². The third-order valence-corrected chi connectivity index (χ3v) is 15.0. The molecule has 0 unspecified atom stereocenters. The van der Waals surface area contributed by atoms with E-state index in [2.05, 4.69) is 215 Å². The van der Waals surface area contributed by atoms with Crippen LogP contribution in [-0.2, 0) is 0 Å². The number of aromatic nitrogens is 4. The van der Waals surface area contributed by atoms with Gasteiger partial charge in [0.1, 0.15) is 11.0 Å². The molecule has 16 rings (SSSR count). The lowest BCUT2D eigenvalue weighted by molar-refractivity contribution is 0.616. The van der Waals surface area contributed by atoms with Crippen molar-refractivity contribution >= 4 is 109 Å². The minimum Gasteiger partial charge on any atom is -0.435 e. The summed E-state index contributed by atoms with van der Waals surface area (Å²) in [6.07, 6.45) is 0. The van der Waals surface area contributed by atoms with Crippen LogP contribution in [0.1, 0.15) is 0 Å². The van der Waals surface area contributed by atoms with Crippen LogP contribution in [0, 0.1) is 0 Å². The number of fused-ring (bicyclic) bond motifs is 18. The molecule has 6 heteroatoms. The maximum Gasteiger partial charge on any atom is 0.227 e. The van der Waals surface area contributed by atoms with Crippen LogP contribution in [0.2, 0.25) is 0 Å². The molecule has 6 nitrogen and oxygen atoms in total. The molecule has 4 aromatic heterocycles. The van der Waals surface area contributed by atoms with Crippen molar-refractivity contribution in [1.82, 2.24) is 19.1 Å². The van der Waals surface area contributed by atoms with E-state index in [9.17, 15) is 0 Å². The van der Waals surface area contributed by atoms with E-state index in [-0.39, 0.29) is 0 Å². The summed E-state index contributed by atoms with van der Waals surface area (Å²) in [6.45, 7) is 0. The van der Waals surface area contributed by atoms with E-state index in [1.807, 2.05) is 24.3 Å². The standard InChI is InChI=1S/C66H38N4O2/c1-5-19-47-43(15-1)45-17-3-7-21-49(45)61-59(47)53-23-9-11-29-57(53)69(61)41-35-31-39(32-36-41)65-67-55-27-13-25-51(63(55)71-65)52-26-14-28-56-64(52)72-66(68-56)40-33-37-42(38-34-40)70-58-30-12-10-24-54(58)60-48-20-6-2-16-44(48)46-18-4-8-22-50(46)62(60)70/h1-38H. The lowest BCUT2D eigenvalue weighted by Crippen LogP contribution is -1.95. The van der Waals surface area contributed by atoms with E-state index in [4.69, 9.17) is 18.8 Å². The number of benzene rings is 12. The summed E-state index contributed by atoms with van der Waals surface area (Å²) in [7, 11) is 0. The van der Waals surface area contributed by atoms with Gasteiger partial charge in [0.2, 0.25) is 11.8 Å². The van der Waals surface area contributed by atoms with Crippen molar-refractivity contribution < 1.29 is 8.83 Å². The van der Waals surface area contributed by atoms with Gasteiger partial charge < -0.3 is 18.0 Å². The first-order valence-electron chi connectivity index (χ1n) is 24.4. The lowest BCUT2D eigenvalue weighted by Gasteiger charge is -2.12. The minimum atomic E-state index is 0.553. The summed E-state index contributed by atoms with van der Waals surface area (Å²) in [5.74, 6) is 1.11. The Labute approximate surface area is 410 Å². The van der Waals surface area contributed by atoms with Crippen LogP contribution in [0.4, 0.5) is 0 Å². The average molecular weight is 919 g/mol. The van der Waals surface area contributed by atoms with Crippen molar-refractivity contribution in [1.29, 1.82) is 0 Å². The third kappa shape index (κ3) is 5.49. The highest BCUT2D eigenvalue weighted by molar-refractivity contribution is 6.33. The molecule has 12 aromatic carbocycles. The first-order chi connectivity index (χ1) is 35.7. The quantitative estimate of drug-likeness (QED) is 0.161. The fourth-order valence-corrected chi connectivity index (χ4v) is 11.9. The first-order valence-corrected chi connectivity index (χ1v) is 24.4. The van der Waals surface area contributed by atoms with Crippen molar-refractivity contribution in [3.05, 3.63) is 231 Å². The van der Waals surface area contributed by atoms with Gasteiger partial charge in [-0.25, -0.2) is 9.97 Å². The summed E-state index contributed by atoms with van der Waals surface area (Å²) in [4.78, 5) is 10.1. The molecule has 72 heavy (non-hydrogen) atoms. The number of hydrogen-bond donors (Lipinski definition) is 0. The summed E-state index contributed by atoms with van der Waals surface area (Å²) < 4.78 is 18.3. The zero-order valence-corrected chi connectivity index (χ0v) is 38.5. The van der Waals surface area contributed by atoms with Gasteiger partial charge in [-0.2, -0.15) is 0 Å². The lowest BCUT2D eigenvalue weighted by atomic mass is 9.97. The number of nitrogens with zero attached hydrogens (tertiary/aromatic N) is 4. The Balaban J connectivity index is 0.773. The van der Waals surface area contributed by atoms with Crippen LogP contribution in [0.25, 0.3) is 154 Å². The molecule has 0 atom stereocenters. The minimum absolute atomic E-state index is 0.553. The van der Waals surface area contributed by atoms with Crippen molar-refractivity contribution in [2.45, 2.75) is 0 Å². The SMILES string of the molecule is c1cc(-c2cccc3nc(-c4ccc(-n5c6ccccc6c6c7ccccc7c7ccccc7c65)cc4)oc23)c2oc(-c3ccc(-n4c5ccccc5c5c6ccccc6c6ccccc6c54)cc3)nc2c1. The molecule has 0 radical (unpaired) electrons. The largest absolute Gasteiger partial charge is 0.435 e. The summed E-state index contributed by atoms with van der Waals surface area (Å²) in [6, 6.07) is 81.9. The first kappa shape index (κ1) is 39.1. The van der Waals surface area contributed by atoms with E-state index >= 15 is 0 Å². The van der Waals surface area contributed by atoms with Crippen molar-refractivity contribution in [3.8, 4) is 45.4 Å². The summed E-state index contributed by atoms with van der Waals surface area (Å²) in [5, 5.41) is 15.0. The van der Waals surface area contributed by atoms with Gasteiger partial charge >= 0.3 is 0 Å². The maximum atomic E-state index is 6.73. The van der Waals surface area contributed by atoms with Gasteiger partial charge in [0.25, 0.3) is 0 Å². The van der Waals surface area contributed by atoms with Gasteiger partial charge in [-0.3, -0.25) is 0 Å². The van der Waals surface area contributed by atoms with E-state index in [1.54, 1.807) is 0 Å². The fourth-order valence-electron chi connectivity index (χ4n) is 11.9. The number of rotatable bonds is 5. The second kappa shape index (κ2) is 14.9. The molecule has 0 bridgehead atoms. The second-order valence-electron chi connectivity index (χ2n) is 18.8. The van der Waals surface area contributed by atoms with E-state index in [0.29, 0.717) is 22.9 Å². The zero-order chi connectivity index (χ0) is 47.0. The molecule has 0 fully saturated rings. The van der Waals surface area contributed by atoms with E-state index < -0.39 is 0 Å². The Hall–Kier alpha value is -9.78. The average Bonchev–Trinajstić information content (AvgIpc) is 4.25. The summed E-state index contributed by atoms with van der Waals surface area (Å²) in [5.41, 5.74) is 13.4. The highest BCUT2D eigenvalue weighted by atomic mass is 16.4. The number of para-hydroxylation sites is 4. The van der Waals surface area contributed by atoms with Crippen molar-refractivity contribution in [2.24, 2.45) is 0 Å². The molecular weight excluding hydrogens is 881 g/mol. The molecule has 0 saturated carbocycles. The second-order valence-corrected chi connectivity index (χ2v) is 18.8. The molecule has 16 aromatic rings. The maximum absolute atomic E-state index is 6.73. The third-order valence-electron chi connectivity index (χ3n) is 15.0. The zero-order valence-electron chi connectivity index (χ0n) is 38.5. The molecule has 0 N–H and O–H groups in total. The van der Waals surface area contributed by atoms with Crippen LogP contribution in [0.15, 0.2) is 239 Å². The normalized spacial score (nSPS) is 12.2. The molecular formula is C66H38N4O2. The predicted octanol–water partition coefficient (Wildman–Crippen LogP) is 17.8. The Morgan fingerprint density at radius 1 is 0.278 bits per heavy atom. The van der Waals surface area contributed by atoms with Crippen LogP contribution in [0.3, 0.4) is 0 Å². The highest BCUT2D eigenvalue weighted by Gasteiger charge is 2.23. The predicted molar refractivity (Wildman–Crippen MR) is 297 cm³/mol. The topological polar surface area (TPSA) is 61.9 Å². The molecule has 0 amide bonds. The monoisotopic (exact) mass is 918 g/mol. The van der Waals surface area contributed by atoms with Gasteiger partial charge in [-0.1, -0.05) is 158 Å². The van der Waals surface area contributed by atoms with Gasteiger partial charge in [-0.15, -0.1) is 0 Å². The van der Waals surface area contributed by atoms with Crippen LogP contribution < -0.4 is 0 Å². The van der Waals surface area contributed by atoms with Gasteiger partial charge in [-0.05, 0) is 105 Å². The Bertz CT molecular complexity index is 4600. The van der Waals surface area contributed by atoms with Crippen molar-refractivity contribution in [2.75, 3.05) is 0 Å². The van der Waals surface area contributed by atoms with Gasteiger partial charge in [0, 0.05) is 65.9 Å². The Morgan fingerprint density at radius 3 is 1.01 bits per heavy atom.